The first-order chi connectivity index (χ1) is 13.2. The van der Waals surface area contributed by atoms with Crippen molar-refractivity contribution in [2.45, 2.75) is 13.0 Å². The number of carbonyl (C=O) groups is 1. The lowest BCUT2D eigenvalue weighted by Crippen LogP contribution is -2.19. The van der Waals surface area contributed by atoms with Gasteiger partial charge >= 0.3 is 0 Å². The van der Waals surface area contributed by atoms with Crippen molar-refractivity contribution in [3.63, 3.8) is 0 Å². The molecular weight excluding hydrogens is 358 g/mol. The summed E-state index contributed by atoms with van der Waals surface area (Å²) in [5.74, 6) is 0.548. The molecule has 0 unspecified atom stereocenters. The van der Waals surface area contributed by atoms with E-state index in [0.717, 1.165) is 16.0 Å². The van der Waals surface area contributed by atoms with Crippen LogP contribution in [-0.2, 0) is 17.8 Å². The predicted octanol–water partition coefficient (Wildman–Crippen LogP) is 3.89. The number of nitriles is 1. The lowest BCUT2D eigenvalue weighted by Gasteiger charge is -2.07. The average Bonchev–Trinajstić information content (AvgIpc) is 3.20. The highest BCUT2D eigenvalue weighted by Gasteiger charge is 2.03. The van der Waals surface area contributed by atoms with Gasteiger partial charge in [-0.25, -0.2) is 5.43 Å². The average molecular weight is 375 g/mol. The molecule has 3 aromatic rings. The predicted molar refractivity (Wildman–Crippen MR) is 106 cm³/mol. The number of amides is 1. The molecule has 1 amide bonds. The highest BCUT2D eigenvalue weighted by Crippen LogP contribution is 2.15. The van der Waals surface area contributed by atoms with Crippen molar-refractivity contribution in [1.29, 1.82) is 5.26 Å². The van der Waals surface area contributed by atoms with Gasteiger partial charge in [0.05, 0.1) is 24.3 Å². The maximum absolute atomic E-state index is 11.8. The fraction of sp³-hybridized carbons (Fsp3) is 0.0952. The molecule has 1 heterocycles. The first kappa shape index (κ1) is 18.4. The highest BCUT2D eigenvalue weighted by atomic mass is 32.1. The molecule has 27 heavy (non-hydrogen) atoms. The van der Waals surface area contributed by atoms with Gasteiger partial charge in [0.2, 0.25) is 5.91 Å². The van der Waals surface area contributed by atoms with Crippen molar-refractivity contribution in [3.05, 3.63) is 87.6 Å². The number of nitrogens with zero attached hydrogens (tertiary/aromatic N) is 2. The Bertz CT molecular complexity index is 958. The molecule has 0 bridgehead atoms. The molecule has 5 nitrogen and oxygen atoms in total. The van der Waals surface area contributed by atoms with Gasteiger partial charge in [0.25, 0.3) is 0 Å². The van der Waals surface area contributed by atoms with Crippen LogP contribution in [0.4, 0.5) is 0 Å². The lowest BCUT2D eigenvalue weighted by atomic mass is 10.1. The Labute approximate surface area is 161 Å². The summed E-state index contributed by atoms with van der Waals surface area (Å²) in [6, 6.07) is 20.7. The molecule has 3 rings (SSSR count). The largest absolute Gasteiger partial charge is 0.489 e. The summed E-state index contributed by atoms with van der Waals surface area (Å²) in [6.07, 6.45) is 1.91. The van der Waals surface area contributed by atoms with Crippen LogP contribution >= 0.6 is 11.3 Å². The van der Waals surface area contributed by atoms with E-state index in [-0.39, 0.29) is 5.91 Å². The third-order valence-corrected chi connectivity index (χ3v) is 4.61. The fourth-order valence-electron chi connectivity index (χ4n) is 2.36. The zero-order valence-electron chi connectivity index (χ0n) is 14.5. The maximum atomic E-state index is 11.8. The SMILES string of the molecule is N#Cc1ccccc1COc1ccc(/C=N\NC(=O)Cc2cccs2)cc1. The third kappa shape index (κ3) is 5.53. The topological polar surface area (TPSA) is 74.5 Å². The van der Waals surface area contributed by atoms with Gasteiger partial charge in [-0.2, -0.15) is 10.4 Å². The van der Waals surface area contributed by atoms with Gasteiger partial charge in [-0.15, -0.1) is 11.3 Å². The summed E-state index contributed by atoms with van der Waals surface area (Å²) in [6.45, 7) is 0.329. The van der Waals surface area contributed by atoms with E-state index in [0.29, 0.717) is 24.3 Å². The van der Waals surface area contributed by atoms with Gasteiger partial charge in [-0.05, 0) is 47.3 Å². The van der Waals surface area contributed by atoms with Crippen LogP contribution in [0, 0.1) is 11.3 Å². The minimum Gasteiger partial charge on any atom is -0.489 e. The molecule has 0 saturated carbocycles. The van der Waals surface area contributed by atoms with Crippen LogP contribution in [0.25, 0.3) is 0 Å². The fourth-order valence-corrected chi connectivity index (χ4v) is 3.06. The van der Waals surface area contributed by atoms with E-state index >= 15 is 0 Å². The Morgan fingerprint density at radius 3 is 2.70 bits per heavy atom. The Kier molecular flexibility index (Phi) is 6.34. The van der Waals surface area contributed by atoms with Crippen molar-refractivity contribution in [3.8, 4) is 11.8 Å². The van der Waals surface area contributed by atoms with E-state index in [1.807, 2.05) is 60.0 Å². The van der Waals surface area contributed by atoms with Crippen molar-refractivity contribution < 1.29 is 9.53 Å². The van der Waals surface area contributed by atoms with Crippen LogP contribution in [0.3, 0.4) is 0 Å². The van der Waals surface area contributed by atoms with E-state index in [4.69, 9.17) is 10.00 Å². The van der Waals surface area contributed by atoms with Gasteiger partial charge in [0.15, 0.2) is 0 Å². The molecule has 0 atom stereocenters. The number of rotatable bonds is 7. The zero-order chi connectivity index (χ0) is 18.9. The van der Waals surface area contributed by atoms with Crippen LogP contribution in [0.2, 0.25) is 0 Å². The second kappa shape index (κ2) is 9.32. The Morgan fingerprint density at radius 2 is 1.96 bits per heavy atom. The summed E-state index contributed by atoms with van der Waals surface area (Å²) < 4.78 is 5.73. The zero-order valence-corrected chi connectivity index (χ0v) is 15.3. The Hall–Kier alpha value is -3.43. The number of thiophene rings is 1. The van der Waals surface area contributed by atoms with Crippen LogP contribution in [0.1, 0.15) is 21.6 Å². The number of hydrogen-bond acceptors (Lipinski definition) is 5. The van der Waals surface area contributed by atoms with Gasteiger partial charge in [-0.1, -0.05) is 24.3 Å². The van der Waals surface area contributed by atoms with Crippen molar-refractivity contribution in [1.82, 2.24) is 5.43 Å². The minimum atomic E-state index is -0.148. The molecule has 0 radical (unpaired) electrons. The van der Waals surface area contributed by atoms with Crippen molar-refractivity contribution in [2.24, 2.45) is 5.10 Å². The van der Waals surface area contributed by atoms with Crippen molar-refractivity contribution in [2.75, 3.05) is 0 Å². The van der Waals surface area contributed by atoms with Gasteiger partial charge in [-0.3, -0.25) is 4.79 Å². The van der Waals surface area contributed by atoms with Crippen LogP contribution in [0.5, 0.6) is 5.75 Å². The number of hydrogen-bond donors (Lipinski definition) is 1. The molecule has 0 saturated heterocycles. The van der Waals surface area contributed by atoms with E-state index in [9.17, 15) is 4.79 Å². The number of benzene rings is 2. The third-order valence-electron chi connectivity index (χ3n) is 3.73. The Morgan fingerprint density at radius 1 is 1.15 bits per heavy atom. The number of carbonyl (C=O) groups excluding carboxylic acids is 1. The van der Waals surface area contributed by atoms with Crippen LogP contribution in [-0.4, -0.2) is 12.1 Å². The van der Waals surface area contributed by atoms with Gasteiger partial charge in [0, 0.05) is 10.4 Å². The second-order valence-electron chi connectivity index (χ2n) is 5.68. The van der Waals surface area contributed by atoms with Crippen molar-refractivity contribution >= 4 is 23.5 Å². The molecule has 0 aliphatic rings. The first-order valence-corrected chi connectivity index (χ1v) is 9.18. The van der Waals surface area contributed by atoms with E-state index < -0.39 is 0 Å². The second-order valence-corrected chi connectivity index (χ2v) is 6.71. The monoisotopic (exact) mass is 375 g/mol. The number of hydrazone groups is 1. The minimum absolute atomic E-state index is 0.148. The molecule has 134 valence electrons. The Balaban J connectivity index is 1.49. The molecule has 0 aliphatic carbocycles. The normalized spacial score (nSPS) is 10.5. The van der Waals surface area contributed by atoms with Gasteiger partial charge in [0.1, 0.15) is 12.4 Å². The maximum Gasteiger partial charge on any atom is 0.245 e. The lowest BCUT2D eigenvalue weighted by molar-refractivity contribution is -0.120. The molecule has 0 spiro atoms. The molecule has 6 heteroatoms. The van der Waals surface area contributed by atoms with Crippen LogP contribution in [0.15, 0.2) is 71.1 Å². The smallest absolute Gasteiger partial charge is 0.245 e. The van der Waals surface area contributed by atoms with E-state index in [1.165, 1.54) is 0 Å². The molecule has 0 fully saturated rings. The number of ether oxygens (including phenoxy) is 1. The highest BCUT2D eigenvalue weighted by molar-refractivity contribution is 7.10. The molecule has 1 aromatic heterocycles. The molecule has 1 N–H and O–H groups in total. The summed E-state index contributed by atoms with van der Waals surface area (Å²) >= 11 is 1.54. The van der Waals surface area contributed by atoms with Gasteiger partial charge < -0.3 is 4.74 Å². The van der Waals surface area contributed by atoms with E-state index in [2.05, 4.69) is 16.6 Å². The summed E-state index contributed by atoms with van der Waals surface area (Å²) in [4.78, 5) is 12.8. The molecule has 2 aromatic carbocycles. The number of nitrogens with one attached hydrogen (secondary N) is 1. The summed E-state index contributed by atoms with van der Waals surface area (Å²) in [5.41, 5.74) is 4.82. The molecule has 0 aliphatic heterocycles. The summed E-state index contributed by atoms with van der Waals surface area (Å²) in [7, 11) is 0. The standard InChI is InChI=1S/C21H17N3O2S/c22-13-17-4-1-2-5-18(17)15-26-19-9-7-16(8-10-19)14-23-24-21(25)12-20-6-3-11-27-20/h1-11,14H,12,15H2,(H,24,25)/b23-14-. The summed E-state index contributed by atoms with van der Waals surface area (Å²) in [5, 5.41) is 15.0. The quantitative estimate of drug-likeness (QED) is 0.503. The first-order valence-electron chi connectivity index (χ1n) is 8.30. The van der Waals surface area contributed by atoms with E-state index in [1.54, 1.807) is 23.6 Å². The van der Waals surface area contributed by atoms with Crippen LogP contribution < -0.4 is 10.2 Å². The molecular formula is C21H17N3O2S.